The van der Waals surface area contributed by atoms with Gasteiger partial charge >= 0.3 is 5.97 Å². The van der Waals surface area contributed by atoms with E-state index in [0.717, 1.165) is 5.56 Å². The number of nitro groups is 1. The fourth-order valence-electron chi connectivity index (χ4n) is 3.16. The van der Waals surface area contributed by atoms with Crippen LogP contribution in [0.3, 0.4) is 0 Å². The molecule has 0 bridgehead atoms. The van der Waals surface area contributed by atoms with E-state index < -0.39 is 16.6 Å². The van der Waals surface area contributed by atoms with Crippen LogP contribution in [-0.2, 0) is 15.3 Å². The molecule has 1 aliphatic rings. The quantitative estimate of drug-likeness (QED) is 0.386. The van der Waals surface area contributed by atoms with Crippen molar-refractivity contribution in [2.24, 2.45) is 0 Å². The van der Waals surface area contributed by atoms with Crippen LogP contribution in [0.4, 0.5) is 5.69 Å². The van der Waals surface area contributed by atoms with Crippen molar-refractivity contribution in [2.75, 3.05) is 12.4 Å². The summed E-state index contributed by atoms with van der Waals surface area (Å²) in [4.78, 5) is 27.2. The van der Waals surface area contributed by atoms with E-state index in [4.69, 9.17) is 4.74 Å². The van der Waals surface area contributed by atoms with E-state index in [2.05, 4.69) is 10.1 Å². The minimum absolute atomic E-state index is 0.0570. The van der Waals surface area contributed by atoms with Gasteiger partial charge in [0.1, 0.15) is 10.7 Å². The molecule has 29 heavy (non-hydrogen) atoms. The third-order valence-electron chi connectivity index (χ3n) is 4.51. The van der Waals surface area contributed by atoms with Crippen molar-refractivity contribution in [2.45, 2.75) is 17.7 Å². The van der Waals surface area contributed by atoms with E-state index in [1.807, 2.05) is 0 Å². The maximum Gasteiger partial charge on any atom is 0.362 e. The predicted molar refractivity (Wildman–Crippen MR) is 105 cm³/mol. The molecule has 2 aromatic heterocycles. The number of hydrogen-bond acceptors (Lipinski definition) is 8. The molecule has 1 aromatic carbocycles. The third-order valence-corrected chi connectivity index (χ3v) is 5.70. The van der Waals surface area contributed by atoms with Crippen molar-refractivity contribution in [3.05, 3.63) is 58.9 Å². The molecule has 4 rings (SSSR count). The molecule has 1 aliphatic heterocycles. The molecule has 0 fully saturated rings. The summed E-state index contributed by atoms with van der Waals surface area (Å²) in [5.74, 6) is -0.734. The van der Waals surface area contributed by atoms with E-state index in [9.17, 15) is 20.0 Å². The zero-order chi connectivity index (χ0) is 20.6. The Labute approximate surface area is 169 Å². The van der Waals surface area contributed by atoms with Crippen molar-refractivity contribution in [3.63, 3.8) is 0 Å². The highest BCUT2D eigenvalue weighted by Gasteiger charge is 2.49. The van der Waals surface area contributed by atoms with Crippen LogP contribution in [0.5, 0.6) is 0 Å². The molecule has 10 heteroatoms. The zero-order valence-electron chi connectivity index (χ0n) is 15.3. The Morgan fingerprint density at radius 2 is 2.10 bits per heavy atom. The second kappa shape index (κ2) is 7.30. The van der Waals surface area contributed by atoms with Crippen LogP contribution in [0.1, 0.15) is 6.92 Å². The standard InChI is InChI=1S/C19H16N4O5S/c1-2-28-18(24)19(25)11-29-17-15(12-6-8-20-9-7-12)16(21-22(17)19)13-4-3-5-14(10-13)23(26)27/h3-10,25H,2,11H2,1H3. The van der Waals surface area contributed by atoms with E-state index >= 15 is 0 Å². The first-order valence-corrected chi connectivity index (χ1v) is 9.75. The van der Waals surface area contributed by atoms with Gasteiger partial charge < -0.3 is 9.84 Å². The summed E-state index contributed by atoms with van der Waals surface area (Å²) < 4.78 is 6.28. The number of carbonyl (C=O) groups excluding carboxylic acids is 1. The molecule has 0 amide bonds. The second-order valence-electron chi connectivity index (χ2n) is 6.31. The Morgan fingerprint density at radius 3 is 2.79 bits per heavy atom. The van der Waals surface area contributed by atoms with Gasteiger partial charge in [0.15, 0.2) is 0 Å². The number of nitrogens with zero attached hydrogens (tertiary/aromatic N) is 4. The molecule has 0 spiro atoms. The number of nitro benzene ring substituents is 1. The molecule has 9 nitrogen and oxygen atoms in total. The van der Waals surface area contributed by atoms with Gasteiger partial charge in [-0.2, -0.15) is 5.10 Å². The average molecular weight is 412 g/mol. The number of aliphatic hydroxyl groups is 1. The van der Waals surface area contributed by atoms with Crippen molar-refractivity contribution < 1.29 is 19.6 Å². The SMILES string of the molecule is CCOC(=O)C1(O)CSc2c(-c3ccncc3)c(-c3cccc([N+](=O)[O-])c3)nn21. The van der Waals surface area contributed by atoms with Gasteiger partial charge in [0.05, 0.1) is 17.3 Å². The average Bonchev–Trinajstić information content (AvgIpc) is 3.27. The molecule has 148 valence electrons. The number of aromatic nitrogens is 3. The maximum atomic E-state index is 12.4. The van der Waals surface area contributed by atoms with Crippen LogP contribution in [0.25, 0.3) is 22.4 Å². The summed E-state index contributed by atoms with van der Waals surface area (Å²) in [6.07, 6.45) is 3.24. The molecule has 0 saturated carbocycles. The largest absolute Gasteiger partial charge is 0.462 e. The number of pyridine rings is 1. The number of carbonyl (C=O) groups is 1. The predicted octanol–water partition coefficient (Wildman–Crippen LogP) is 2.83. The molecule has 3 heterocycles. The Hall–Kier alpha value is -3.24. The smallest absolute Gasteiger partial charge is 0.362 e. The van der Waals surface area contributed by atoms with E-state index in [0.29, 0.717) is 21.8 Å². The minimum atomic E-state index is -1.95. The third kappa shape index (κ3) is 3.15. The van der Waals surface area contributed by atoms with Gasteiger partial charge in [0, 0.05) is 35.7 Å². The topological polar surface area (TPSA) is 120 Å². The van der Waals surface area contributed by atoms with Crippen molar-refractivity contribution in [1.82, 2.24) is 14.8 Å². The van der Waals surface area contributed by atoms with Crippen LogP contribution in [0.15, 0.2) is 53.8 Å². The summed E-state index contributed by atoms with van der Waals surface area (Å²) in [5, 5.41) is 27.3. The van der Waals surface area contributed by atoms with Crippen LogP contribution in [0, 0.1) is 10.1 Å². The lowest BCUT2D eigenvalue weighted by atomic mass is 10.0. The number of ether oxygens (including phenoxy) is 1. The van der Waals surface area contributed by atoms with Crippen LogP contribution in [-0.4, -0.2) is 43.1 Å². The Bertz CT molecular complexity index is 1100. The first-order valence-electron chi connectivity index (χ1n) is 8.77. The van der Waals surface area contributed by atoms with Crippen LogP contribution < -0.4 is 0 Å². The summed E-state index contributed by atoms with van der Waals surface area (Å²) in [6.45, 7) is 1.78. The molecule has 0 radical (unpaired) electrons. The Balaban J connectivity index is 1.94. The van der Waals surface area contributed by atoms with Crippen molar-refractivity contribution in [3.8, 4) is 22.4 Å². The van der Waals surface area contributed by atoms with E-state index in [1.54, 1.807) is 43.6 Å². The zero-order valence-corrected chi connectivity index (χ0v) is 16.1. The second-order valence-corrected chi connectivity index (χ2v) is 7.27. The number of rotatable bonds is 5. The molecule has 1 atom stereocenters. The maximum absolute atomic E-state index is 12.4. The molecule has 0 aliphatic carbocycles. The minimum Gasteiger partial charge on any atom is -0.462 e. The number of thioether (sulfide) groups is 1. The number of hydrogen-bond donors (Lipinski definition) is 1. The Morgan fingerprint density at radius 1 is 1.34 bits per heavy atom. The fourth-order valence-corrected chi connectivity index (χ4v) is 4.41. The van der Waals surface area contributed by atoms with E-state index in [-0.39, 0.29) is 18.0 Å². The number of esters is 1. The summed E-state index contributed by atoms with van der Waals surface area (Å²) in [6, 6.07) is 9.63. The molecule has 1 N–H and O–H groups in total. The molecule has 1 unspecified atom stereocenters. The van der Waals surface area contributed by atoms with Gasteiger partial charge in [-0.15, -0.1) is 11.8 Å². The van der Waals surface area contributed by atoms with Crippen LogP contribution in [0.2, 0.25) is 0 Å². The first kappa shape index (κ1) is 19.1. The fraction of sp³-hybridized carbons (Fsp3) is 0.211. The van der Waals surface area contributed by atoms with E-state index in [1.165, 1.54) is 28.6 Å². The molecular weight excluding hydrogens is 396 g/mol. The number of benzene rings is 1. The highest BCUT2D eigenvalue weighted by Crippen LogP contribution is 2.47. The summed E-state index contributed by atoms with van der Waals surface area (Å²) >= 11 is 1.27. The molecule has 3 aromatic rings. The lowest BCUT2D eigenvalue weighted by Crippen LogP contribution is -2.43. The highest BCUT2D eigenvalue weighted by atomic mass is 32.2. The van der Waals surface area contributed by atoms with Gasteiger partial charge in [-0.3, -0.25) is 15.1 Å². The highest BCUT2D eigenvalue weighted by molar-refractivity contribution is 7.99. The van der Waals surface area contributed by atoms with Crippen molar-refractivity contribution in [1.29, 1.82) is 0 Å². The van der Waals surface area contributed by atoms with Gasteiger partial charge in [0.2, 0.25) is 0 Å². The van der Waals surface area contributed by atoms with Gasteiger partial charge in [-0.1, -0.05) is 12.1 Å². The van der Waals surface area contributed by atoms with Gasteiger partial charge in [0.25, 0.3) is 11.4 Å². The van der Waals surface area contributed by atoms with Gasteiger partial charge in [-0.05, 0) is 24.6 Å². The Kier molecular flexibility index (Phi) is 4.81. The molecular formula is C19H16N4O5S. The van der Waals surface area contributed by atoms with Crippen molar-refractivity contribution >= 4 is 23.4 Å². The summed E-state index contributed by atoms with van der Waals surface area (Å²) in [5.41, 5.74) is 0.326. The summed E-state index contributed by atoms with van der Waals surface area (Å²) in [7, 11) is 0. The van der Waals surface area contributed by atoms with Crippen LogP contribution >= 0.6 is 11.8 Å². The lowest BCUT2D eigenvalue weighted by Gasteiger charge is -2.20. The normalized spacial score (nSPS) is 17.7. The monoisotopic (exact) mass is 412 g/mol. The molecule has 0 saturated heterocycles. The number of non-ortho nitro benzene ring substituents is 1. The van der Waals surface area contributed by atoms with Gasteiger partial charge in [-0.25, -0.2) is 9.48 Å². The first-order chi connectivity index (χ1) is 14.0. The lowest BCUT2D eigenvalue weighted by molar-refractivity contribution is -0.384. The number of fused-ring (bicyclic) bond motifs is 1.